The normalized spacial score (nSPS) is 21.6. The summed E-state index contributed by atoms with van der Waals surface area (Å²) in [5.74, 6) is 1.58. The van der Waals surface area contributed by atoms with Gasteiger partial charge in [0.25, 0.3) is 5.56 Å². The number of rotatable bonds is 6. The van der Waals surface area contributed by atoms with Crippen LogP contribution in [0, 0.1) is 12.3 Å². The number of H-pyrrole nitrogens is 2. The van der Waals surface area contributed by atoms with E-state index in [9.17, 15) is 9.59 Å². The highest BCUT2D eigenvalue weighted by molar-refractivity contribution is 5.79. The summed E-state index contributed by atoms with van der Waals surface area (Å²) >= 11 is 0. The predicted molar refractivity (Wildman–Crippen MR) is 118 cm³/mol. The number of carbonyl (C=O) groups is 1. The third-order valence-corrected chi connectivity index (χ3v) is 6.83. The number of methoxy groups -OCH3 is 2. The Balaban J connectivity index is 1.42. The van der Waals surface area contributed by atoms with E-state index in [-0.39, 0.29) is 23.3 Å². The predicted octanol–water partition coefficient (Wildman–Crippen LogP) is 2.09. The monoisotopic (exact) mass is 428 g/mol. The van der Waals surface area contributed by atoms with Crippen LogP contribution < -0.4 is 15.0 Å². The molecule has 0 saturated carbocycles. The summed E-state index contributed by atoms with van der Waals surface area (Å²) in [6.07, 6.45) is 3.41. The summed E-state index contributed by atoms with van der Waals surface area (Å²) in [6, 6.07) is 6.00. The van der Waals surface area contributed by atoms with Crippen molar-refractivity contribution in [3.63, 3.8) is 0 Å². The van der Waals surface area contributed by atoms with Crippen molar-refractivity contribution >= 4 is 5.91 Å². The summed E-state index contributed by atoms with van der Waals surface area (Å²) in [5, 5.41) is 5.36. The standard InChI is InChI=1S/C23H32N4O4/c1-16-18(22(29)25-24-16)12-20(28)27-11-9-23(15-27)8-5-10-26(14-23)13-17-6-4-7-19(30-2)21(17)31-3/h4,6-7H,5,8-15H2,1-3H3,(H2,24,25,29)/t23-/m1/s1. The van der Waals surface area contributed by atoms with E-state index in [1.54, 1.807) is 14.2 Å². The summed E-state index contributed by atoms with van der Waals surface area (Å²) < 4.78 is 11.1. The number of aromatic amines is 2. The highest BCUT2D eigenvalue weighted by Gasteiger charge is 2.42. The molecule has 31 heavy (non-hydrogen) atoms. The Hall–Kier alpha value is -2.74. The van der Waals surface area contributed by atoms with Crippen molar-refractivity contribution in [2.24, 2.45) is 5.41 Å². The summed E-state index contributed by atoms with van der Waals surface area (Å²) in [7, 11) is 3.33. The van der Waals surface area contributed by atoms with Gasteiger partial charge in [0.05, 0.1) is 20.6 Å². The van der Waals surface area contributed by atoms with Crippen molar-refractivity contribution in [3.05, 3.63) is 45.4 Å². The van der Waals surface area contributed by atoms with Gasteiger partial charge in [0, 0.05) is 48.4 Å². The van der Waals surface area contributed by atoms with Gasteiger partial charge in [0.15, 0.2) is 11.5 Å². The fourth-order valence-corrected chi connectivity index (χ4v) is 5.19. The van der Waals surface area contributed by atoms with E-state index in [0.717, 1.165) is 74.7 Å². The largest absolute Gasteiger partial charge is 0.493 e. The molecule has 1 amide bonds. The van der Waals surface area contributed by atoms with Crippen LogP contribution in [0.15, 0.2) is 23.0 Å². The molecule has 168 valence electrons. The van der Waals surface area contributed by atoms with Gasteiger partial charge in [-0.3, -0.25) is 19.6 Å². The first kappa shape index (κ1) is 21.5. The Morgan fingerprint density at radius 2 is 1.97 bits per heavy atom. The molecule has 1 atom stereocenters. The van der Waals surface area contributed by atoms with E-state index in [4.69, 9.17) is 9.47 Å². The molecule has 2 aromatic rings. The van der Waals surface area contributed by atoms with E-state index in [1.165, 1.54) is 0 Å². The average Bonchev–Trinajstić information content (AvgIpc) is 3.31. The van der Waals surface area contributed by atoms with Crippen molar-refractivity contribution in [1.82, 2.24) is 20.0 Å². The number of para-hydroxylation sites is 1. The van der Waals surface area contributed by atoms with Crippen LogP contribution in [0.3, 0.4) is 0 Å². The van der Waals surface area contributed by atoms with Crippen LogP contribution in [0.2, 0.25) is 0 Å². The number of likely N-dealkylation sites (tertiary alicyclic amines) is 2. The van der Waals surface area contributed by atoms with Gasteiger partial charge in [0.2, 0.25) is 5.91 Å². The fourth-order valence-electron chi connectivity index (χ4n) is 5.19. The number of ether oxygens (including phenoxy) is 2. The molecule has 2 saturated heterocycles. The Bertz CT molecular complexity index is 998. The quantitative estimate of drug-likeness (QED) is 0.735. The molecule has 1 spiro atoms. The maximum atomic E-state index is 12.9. The number of amides is 1. The van der Waals surface area contributed by atoms with Gasteiger partial charge in [-0.15, -0.1) is 0 Å². The molecular formula is C23H32N4O4. The van der Waals surface area contributed by atoms with E-state index in [0.29, 0.717) is 5.56 Å². The van der Waals surface area contributed by atoms with Gasteiger partial charge >= 0.3 is 0 Å². The second-order valence-electron chi connectivity index (χ2n) is 8.89. The van der Waals surface area contributed by atoms with Crippen LogP contribution in [-0.4, -0.2) is 66.3 Å². The smallest absolute Gasteiger partial charge is 0.267 e. The zero-order valence-corrected chi connectivity index (χ0v) is 18.6. The number of aromatic nitrogens is 2. The fraction of sp³-hybridized carbons (Fsp3) is 0.565. The summed E-state index contributed by atoms with van der Waals surface area (Å²) in [6.45, 7) is 6.14. The first-order valence-corrected chi connectivity index (χ1v) is 10.9. The average molecular weight is 429 g/mol. The lowest BCUT2D eigenvalue weighted by Crippen LogP contribution is -2.45. The third kappa shape index (κ3) is 4.35. The number of carbonyl (C=O) groups excluding carboxylic acids is 1. The molecule has 0 radical (unpaired) electrons. The van der Waals surface area contributed by atoms with Crippen molar-refractivity contribution in [2.75, 3.05) is 40.4 Å². The lowest BCUT2D eigenvalue weighted by Gasteiger charge is -2.40. The molecular weight excluding hydrogens is 396 g/mol. The Morgan fingerprint density at radius 3 is 2.68 bits per heavy atom. The Morgan fingerprint density at radius 1 is 1.13 bits per heavy atom. The Kier molecular flexibility index (Phi) is 6.09. The zero-order valence-electron chi connectivity index (χ0n) is 18.6. The number of hydrogen-bond donors (Lipinski definition) is 2. The Labute approximate surface area is 182 Å². The second kappa shape index (κ2) is 8.78. The molecule has 8 nitrogen and oxygen atoms in total. The maximum Gasteiger partial charge on any atom is 0.267 e. The molecule has 0 unspecified atom stereocenters. The third-order valence-electron chi connectivity index (χ3n) is 6.83. The van der Waals surface area contributed by atoms with Crippen molar-refractivity contribution in [1.29, 1.82) is 0 Å². The van der Waals surface area contributed by atoms with Gasteiger partial charge in [-0.2, -0.15) is 0 Å². The number of nitrogens with one attached hydrogen (secondary N) is 2. The van der Waals surface area contributed by atoms with Gasteiger partial charge in [-0.05, 0) is 38.8 Å². The lowest BCUT2D eigenvalue weighted by atomic mass is 9.79. The van der Waals surface area contributed by atoms with Gasteiger partial charge in [0.1, 0.15) is 0 Å². The van der Waals surface area contributed by atoms with Gasteiger partial charge < -0.3 is 19.5 Å². The number of piperidine rings is 1. The summed E-state index contributed by atoms with van der Waals surface area (Å²) in [5.41, 5.74) is 2.33. The lowest BCUT2D eigenvalue weighted by molar-refractivity contribution is -0.130. The minimum atomic E-state index is -0.198. The molecule has 2 aliphatic heterocycles. The minimum Gasteiger partial charge on any atom is -0.493 e. The van der Waals surface area contributed by atoms with Crippen LogP contribution >= 0.6 is 0 Å². The van der Waals surface area contributed by atoms with Crippen LogP contribution in [0.4, 0.5) is 0 Å². The van der Waals surface area contributed by atoms with Crippen molar-refractivity contribution in [3.8, 4) is 11.5 Å². The molecule has 8 heteroatoms. The molecule has 1 aromatic heterocycles. The number of benzene rings is 1. The molecule has 2 aliphatic rings. The molecule has 2 N–H and O–H groups in total. The second-order valence-corrected chi connectivity index (χ2v) is 8.89. The molecule has 0 bridgehead atoms. The van der Waals surface area contributed by atoms with E-state index in [1.807, 2.05) is 24.0 Å². The van der Waals surface area contributed by atoms with E-state index in [2.05, 4.69) is 21.2 Å². The van der Waals surface area contributed by atoms with Gasteiger partial charge in [-0.25, -0.2) is 0 Å². The first-order chi connectivity index (χ1) is 14.9. The molecule has 2 fully saturated rings. The van der Waals surface area contributed by atoms with Crippen molar-refractivity contribution in [2.45, 2.75) is 39.2 Å². The molecule has 1 aromatic carbocycles. The van der Waals surface area contributed by atoms with Crippen molar-refractivity contribution < 1.29 is 14.3 Å². The molecule has 3 heterocycles. The highest BCUT2D eigenvalue weighted by atomic mass is 16.5. The maximum absolute atomic E-state index is 12.9. The SMILES string of the molecule is COc1cccc(CN2CCC[C@@]3(CCN(C(=O)Cc4c(C)[nH][nH]c4=O)C3)C2)c1OC. The summed E-state index contributed by atoms with van der Waals surface area (Å²) in [4.78, 5) is 29.2. The van der Waals surface area contributed by atoms with E-state index < -0.39 is 0 Å². The van der Waals surface area contributed by atoms with Crippen LogP contribution in [0.5, 0.6) is 11.5 Å². The van der Waals surface area contributed by atoms with Crippen LogP contribution in [-0.2, 0) is 17.8 Å². The number of nitrogens with zero attached hydrogens (tertiary/aromatic N) is 2. The highest BCUT2D eigenvalue weighted by Crippen LogP contribution is 2.40. The van der Waals surface area contributed by atoms with Crippen LogP contribution in [0.1, 0.15) is 36.1 Å². The number of hydrogen-bond acceptors (Lipinski definition) is 5. The molecule has 0 aliphatic carbocycles. The molecule has 4 rings (SSSR count). The van der Waals surface area contributed by atoms with Gasteiger partial charge in [-0.1, -0.05) is 12.1 Å². The minimum absolute atomic E-state index is 0.0386. The number of aryl methyl sites for hydroxylation is 1. The van der Waals surface area contributed by atoms with Crippen LogP contribution in [0.25, 0.3) is 0 Å². The zero-order chi connectivity index (χ0) is 22.0. The first-order valence-electron chi connectivity index (χ1n) is 10.9. The van der Waals surface area contributed by atoms with E-state index >= 15 is 0 Å². The topological polar surface area (TPSA) is 90.7 Å².